The summed E-state index contributed by atoms with van der Waals surface area (Å²) in [6.07, 6.45) is 1.43. The second kappa shape index (κ2) is 6.18. The number of nitrogens with one attached hydrogen (secondary N) is 1. The van der Waals surface area contributed by atoms with Crippen molar-refractivity contribution in [3.8, 4) is 0 Å². The molecule has 18 heavy (non-hydrogen) atoms. The van der Waals surface area contributed by atoms with Crippen molar-refractivity contribution < 1.29 is 0 Å². The number of thiophene rings is 1. The highest BCUT2D eigenvalue weighted by Crippen LogP contribution is 2.38. The molecule has 102 valence electrons. The number of rotatable bonds is 7. The van der Waals surface area contributed by atoms with Crippen molar-refractivity contribution in [2.45, 2.75) is 40.3 Å². The largest absolute Gasteiger partial charge is 0.312 e. The van der Waals surface area contributed by atoms with E-state index < -0.39 is 0 Å². The second-order valence-corrected chi connectivity index (χ2v) is 7.09. The van der Waals surface area contributed by atoms with Gasteiger partial charge in [-0.15, -0.1) is 11.3 Å². The third kappa shape index (κ3) is 3.81. The fraction of sp³-hybridized carbons (Fsp3) is 0.733. The van der Waals surface area contributed by atoms with Gasteiger partial charge in [0.15, 0.2) is 0 Å². The number of aryl methyl sites for hydroxylation is 1. The maximum absolute atomic E-state index is 3.40. The minimum Gasteiger partial charge on any atom is -0.312 e. The Morgan fingerprint density at radius 2 is 2.22 bits per heavy atom. The molecule has 3 heteroatoms. The lowest BCUT2D eigenvalue weighted by Crippen LogP contribution is -2.21. The first-order valence-electron chi connectivity index (χ1n) is 7.07. The fourth-order valence-electron chi connectivity index (χ4n) is 2.49. The molecule has 1 aliphatic rings. The molecule has 0 saturated heterocycles. The van der Waals surface area contributed by atoms with Gasteiger partial charge in [0.1, 0.15) is 0 Å². The zero-order valence-electron chi connectivity index (χ0n) is 12.1. The number of hydrogen-bond donors (Lipinski definition) is 1. The average Bonchev–Trinajstić information content (AvgIpc) is 2.88. The summed E-state index contributed by atoms with van der Waals surface area (Å²) in [5.74, 6) is 1.91. The minimum atomic E-state index is 0.954. The standard InChI is InChI=1S/C15H26N2S/c1-5-16-8-15-7-14(12(3)18-15)10-17(4)9-13-6-11(13)2/h7,11,13,16H,5-6,8-10H2,1-4H3. The van der Waals surface area contributed by atoms with E-state index in [0.717, 1.165) is 31.5 Å². The Bertz CT molecular complexity index is 386. The van der Waals surface area contributed by atoms with Crippen LogP contribution in [0, 0.1) is 18.8 Å². The predicted octanol–water partition coefficient (Wildman–Crippen LogP) is 3.25. The van der Waals surface area contributed by atoms with Crippen molar-refractivity contribution in [2.24, 2.45) is 11.8 Å². The normalized spacial score (nSPS) is 22.7. The summed E-state index contributed by atoms with van der Waals surface area (Å²) in [6.45, 7) is 11.2. The van der Waals surface area contributed by atoms with Crippen molar-refractivity contribution in [1.29, 1.82) is 0 Å². The highest BCUT2D eigenvalue weighted by atomic mass is 32.1. The van der Waals surface area contributed by atoms with Crippen LogP contribution in [-0.4, -0.2) is 25.0 Å². The average molecular weight is 266 g/mol. The van der Waals surface area contributed by atoms with Crippen molar-refractivity contribution in [3.05, 3.63) is 21.4 Å². The third-order valence-electron chi connectivity index (χ3n) is 3.88. The van der Waals surface area contributed by atoms with Crippen LogP contribution in [0.1, 0.15) is 35.6 Å². The topological polar surface area (TPSA) is 15.3 Å². The Hall–Kier alpha value is -0.380. The molecule has 1 aromatic rings. The molecule has 0 aliphatic heterocycles. The lowest BCUT2D eigenvalue weighted by atomic mass is 10.2. The van der Waals surface area contributed by atoms with Crippen LogP contribution in [0.25, 0.3) is 0 Å². The predicted molar refractivity (Wildman–Crippen MR) is 80.0 cm³/mol. The van der Waals surface area contributed by atoms with Crippen LogP contribution in [0.15, 0.2) is 6.07 Å². The summed E-state index contributed by atoms with van der Waals surface area (Å²) in [5.41, 5.74) is 1.52. The van der Waals surface area contributed by atoms with E-state index in [1.807, 2.05) is 11.3 Å². The first-order chi connectivity index (χ1) is 8.60. The fourth-order valence-corrected chi connectivity index (χ4v) is 3.51. The second-order valence-electron chi connectivity index (χ2n) is 5.74. The summed E-state index contributed by atoms with van der Waals surface area (Å²) >= 11 is 1.94. The number of nitrogens with zero attached hydrogens (tertiary/aromatic N) is 1. The molecule has 0 aromatic carbocycles. The molecule has 2 nitrogen and oxygen atoms in total. The summed E-state index contributed by atoms with van der Waals surface area (Å²) in [7, 11) is 2.26. The molecule has 1 heterocycles. The highest BCUT2D eigenvalue weighted by molar-refractivity contribution is 7.12. The SMILES string of the molecule is CCNCc1cc(CN(C)CC2CC2C)c(C)s1. The molecule has 2 atom stereocenters. The van der Waals surface area contributed by atoms with E-state index in [-0.39, 0.29) is 0 Å². The maximum Gasteiger partial charge on any atom is 0.0299 e. The van der Waals surface area contributed by atoms with E-state index in [4.69, 9.17) is 0 Å². The molecule has 0 spiro atoms. The Kier molecular flexibility index (Phi) is 4.82. The van der Waals surface area contributed by atoms with E-state index in [2.05, 4.69) is 44.1 Å². The van der Waals surface area contributed by atoms with Crippen molar-refractivity contribution in [3.63, 3.8) is 0 Å². The van der Waals surface area contributed by atoms with Crippen LogP contribution < -0.4 is 5.32 Å². The van der Waals surface area contributed by atoms with E-state index >= 15 is 0 Å². The molecule has 1 N–H and O–H groups in total. The first-order valence-corrected chi connectivity index (χ1v) is 7.89. The van der Waals surface area contributed by atoms with Gasteiger partial charge in [0, 0.05) is 29.4 Å². The smallest absolute Gasteiger partial charge is 0.0299 e. The van der Waals surface area contributed by atoms with Crippen LogP contribution in [0.3, 0.4) is 0 Å². The first kappa shape index (κ1) is 14.0. The molecule has 1 aliphatic carbocycles. The molecular formula is C15H26N2S. The molecule has 0 radical (unpaired) electrons. The third-order valence-corrected chi connectivity index (χ3v) is 4.98. The van der Waals surface area contributed by atoms with Gasteiger partial charge in [-0.1, -0.05) is 13.8 Å². The van der Waals surface area contributed by atoms with Crippen molar-refractivity contribution in [2.75, 3.05) is 20.1 Å². The summed E-state index contributed by atoms with van der Waals surface area (Å²) < 4.78 is 0. The quantitative estimate of drug-likeness (QED) is 0.815. The van der Waals surface area contributed by atoms with E-state index in [9.17, 15) is 0 Å². The molecule has 0 amide bonds. The van der Waals surface area contributed by atoms with Crippen LogP contribution in [0.2, 0.25) is 0 Å². The van der Waals surface area contributed by atoms with Gasteiger partial charge in [0.05, 0.1) is 0 Å². The van der Waals surface area contributed by atoms with Crippen molar-refractivity contribution >= 4 is 11.3 Å². The van der Waals surface area contributed by atoms with Gasteiger partial charge in [-0.2, -0.15) is 0 Å². The highest BCUT2D eigenvalue weighted by Gasteiger charge is 2.33. The Balaban J connectivity index is 1.85. The molecular weight excluding hydrogens is 240 g/mol. The summed E-state index contributed by atoms with van der Waals surface area (Å²) in [6, 6.07) is 2.38. The van der Waals surface area contributed by atoms with E-state index in [0.29, 0.717) is 0 Å². The Morgan fingerprint density at radius 3 is 2.83 bits per heavy atom. The lowest BCUT2D eigenvalue weighted by Gasteiger charge is -2.16. The minimum absolute atomic E-state index is 0.954. The summed E-state index contributed by atoms with van der Waals surface area (Å²) in [4.78, 5) is 5.44. The Labute approximate surface area is 115 Å². The summed E-state index contributed by atoms with van der Waals surface area (Å²) in [5, 5.41) is 3.40. The molecule has 1 saturated carbocycles. The van der Waals surface area contributed by atoms with Crippen LogP contribution in [-0.2, 0) is 13.1 Å². The molecule has 2 unspecified atom stereocenters. The van der Waals surface area contributed by atoms with Gasteiger partial charge in [-0.05, 0) is 50.4 Å². The van der Waals surface area contributed by atoms with E-state index in [1.165, 1.54) is 28.3 Å². The van der Waals surface area contributed by atoms with Gasteiger partial charge in [0.2, 0.25) is 0 Å². The Morgan fingerprint density at radius 1 is 1.50 bits per heavy atom. The molecule has 2 rings (SSSR count). The zero-order valence-corrected chi connectivity index (χ0v) is 12.9. The zero-order chi connectivity index (χ0) is 13.1. The van der Waals surface area contributed by atoms with Crippen LogP contribution in [0.4, 0.5) is 0 Å². The maximum atomic E-state index is 3.40. The van der Waals surface area contributed by atoms with Gasteiger partial charge < -0.3 is 10.2 Å². The lowest BCUT2D eigenvalue weighted by molar-refractivity contribution is 0.307. The van der Waals surface area contributed by atoms with Gasteiger partial charge in [-0.3, -0.25) is 0 Å². The van der Waals surface area contributed by atoms with Gasteiger partial charge in [0.25, 0.3) is 0 Å². The molecule has 1 fully saturated rings. The molecule has 0 bridgehead atoms. The van der Waals surface area contributed by atoms with Crippen molar-refractivity contribution in [1.82, 2.24) is 10.2 Å². The van der Waals surface area contributed by atoms with Crippen LogP contribution in [0.5, 0.6) is 0 Å². The monoisotopic (exact) mass is 266 g/mol. The number of hydrogen-bond acceptors (Lipinski definition) is 3. The van der Waals surface area contributed by atoms with Gasteiger partial charge >= 0.3 is 0 Å². The van der Waals surface area contributed by atoms with E-state index in [1.54, 1.807) is 0 Å². The van der Waals surface area contributed by atoms with Gasteiger partial charge in [-0.25, -0.2) is 0 Å². The molecule has 1 aromatic heterocycles. The van der Waals surface area contributed by atoms with Crippen LogP contribution >= 0.6 is 11.3 Å².